The van der Waals surface area contributed by atoms with Gasteiger partial charge in [-0.2, -0.15) is 0 Å². The molecule has 2 aromatic rings. The van der Waals surface area contributed by atoms with Gasteiger partial charge >= 0.3 is 0 Å². The van der Waals surface area contributed by atoms with Gasteiger partial charge in [0.2, 0.25) is 0 Å². The Bertz CT molecular complexity index is 541. The molecule has 4 heteroatoms. The van der Waals surface area contributed by atoms with E-state index in [4.69, 9.17) is 5.11 Å². The molecule has 0 fully saturated rings. The Morgan fingerprint density at radius 3 is 2.75 bits per heavy atom. The highest BCUT2D eigenvalue weighted by atomic mass is 32.1. The van der Waals surface area contributed by atoms with Crippen molar-refractivity contribution >= 4 is 11.3 Å². The van der Waals surface area contributed by atoms with Crippen LogP contribution in [-0.2, 0) is 13.1 Å². The lowest BCUT2D eigenvalue weighted by Gasteiger charge is -2.22. The number of hydrogen-bond donors (Lipinski definition) is 1. The molecule has 0 atom stereocenters. The Morgan fingerprint density at radius 2 is 2.10 bits per heavy atom. The van der Waals surface area contributed by atoms with Crippen LogP contribution in [0.1, 0.15) is 22.4 Å². The maximum atomic E-state index is 13.3. The average molecular weight is 293 g/mol. The van der Waals surface area contributed by atoms with E-state index in [-0.39, 0.29) is 12.4 Å². The number of benzene rings is 1. The first kappa shape index (κ1) is 15.2. The van der Waals surface area contributed by atoms with E-state index in [1.165, 1.54) is 16.5 Å². The van der Waals surface area contributed by atoms with Crippen molar-refractivity contribution in [2.45, 2.75) is 26.4 Å². The highest BCUT2D eigenvalue weighted by molar-refractivity contribution is 7.10. The molecule has 1 aromatic heterocycles. The van der Waals surface area contributed by atoms with E-state index in [0.29, 0.717) is 6.54 Å². The van der Waals surface area contributed by atoms with E-state index in [1.807, 2.05) is 6.07 Å². The van der Waals surface area contributed by atoms with E-state index < -0.39 is 0 Å². The first-order valence-electron chi connectivity index (χ1n) is 6.79. The van der Waals surface area contributed by atoms with Crippen molar-refractivity contribution in [1.29, 1.82) is 0 Å². The molecule has 0 radical (unpaired) electrons. The van der Waals surface area contributed by atoms with Crippen LogP contribution in [0.2, 0.25) is 0 Å². The largest absolute Gasteiger partial charge is 0.396 e. The zero-order chi connectivity index (χ0) is 14.4. The third kappa shape index (κ3) is 4.40. The molecule has 0 spiro atoms. The molecule has 0 aliphatic carbocycles. The van der Waals surface area contributed by atoms with Crippen LogP contribution in [0.4, 0.5) is 4.39 Å². The molecule has 2 nitrogen and oxygen atoms in total. The zero-order valence-electron chi connectivity index (χ0n) is 11.7. The van der Waals surface area contributed by atoms with Crippen molar-refractivity contribution in [3.05, 3.63) is 57.5 Å². The van der Waals surface area contributed by atoms with Crippen molar-refractivity contribution in [3.8, 4) is 0 Å². The lowest BCUT2D eigenvalue weighted by molar-refractivity contribution is 0.213. The maximum absolute atomic E-state index is 13.3. The van der Waals surface area contributed by atoms with Crippen LogP contribution in [0.25, 0.3) is 0 Å². The Morgan fingerprint density at radius 1 is 1.25 bits per heavy atom. The van der Waals surface area contributed by atoms with Crippen LogP contribution in [0.5, 0.6) is 0 Å². The fourth-order valence-corrected chi connectivity index (χ4v) is 3.12. The Balaban J connectivity index is 2.05. The van der Waals surface area contributed by atoms with Crippen LogP contribution in [0.15, 0.2) is 35.7 Å². The third-order valence-electron chi connectivity index (χ3n) is 3.26. The van der Waals surface area contributed by atoms with Crippen molar-refractivity contribution in [2.24, 2.45) is 0 Å². The normalized spacial score (nSPS) is 11.2. The van der Waals surface area contributed by atoms with Crippen molar-refractivity contribution < 1.29 is 9.50 Å². The predicted octanol–water partition coefficient (Wildman–Crippen LogP) is 3.58. The second-order valence-corrected chi connectivity index (χ2v) is 5.95. The minimum absolute atomic E-state index is 0.184. The number of thiophene rings is 1. The van der Waals surface area contributed by atoms with Crippen molar-refractivity contribution in [2.75, 3.05) is 13.2 Å². The summed E-state index contributed by atoms with van der Waals surface area (Å²) in [5.41, 5.74) is 2.26. The number of rotatable bonds is 7. The summed E-state index contributed by atoms with van der Waals surface area (Å²) < 4.78 is 13.3. The van der Waals surface area contributed by atoms with Gasteiger partial charge in [0.1, 0.15) is 5.82 Å². The number of aryl methyl sites for hydroxylation is 1. The summed E-state index contributed by atoms with van der Waals surface area (Å²) in [5, 5.41) is 11.1. The van der Waals surface area contributed by atoms with Gasteiger partial charge in [-0.15, -0.1) is 11.3 Å². The number of aliphatic hydroxyl groups is 1. The van der Waals surface area contributed by atoms with E-state index in [2.05, 4.69) is 23.3 Å². The molecule has 0 amide bonds. The monoisotopic (exact) mass is 293 g/mol. The molecule has 0 unspecified atom stereocenters. The molecule has 1 N–H and O–H groups in total. The Kier molecular flexibility index (Phi) is 5.71. The summed E-state index contributed by atoms with van der Waals surface area (Å²) in [5.74, 6) is -0.197. The summed E-state index contributed by atoms with van der Waals surface area (Å²) in [6.07, 6.45) is 0.736. The quantitative estimate of drug-likeness (QED) is 0.843. The van der Waals surface area contributed by atoms with Crippen LogP contribution in [0, 0.1) is 12.7 Å². The molecule has 0 saturated carbocycles. The molecule has 0 aliphatic rings. The lowest BCUT2D eigenvalue weighted by Crippen LogP contribution is -2.24. The second-order valence-electron chi connectivity index (χ2n) is 4.94. The Hall–Kier alpha value is -1.23. The van der Waals surface area contributed by atoms with E-state index in [1.54, 1.807) is 23.5 Å². The highest BCUT2D eigenvalue weighted by Crippen LogP contribution is 2.19. The first-order valence-corrected chi connectivity index (χ1v) is 7.67. The minimum Gasteiger partial charge on any atom is -0.396 e. The minimum atomic E-state index is -0.197. The maximum Gasteiger partial charge on any atom is 0.123 e. The lowest BCUT2D eigenvalue weighted by atomic mass is 10.2. The smallest absolute Gasteiger partial charge is 0.123 e. The van der Waals surface area contributed by atoms with Crippen LogP contribution < -0.4 is 0 Å². The van der Waals surface area contributed by atoms with E-state index in [9.17, 15) is 4.39 Å². The van der Waals surface area contributed by atoms with Gasteiger partial charge in [-0.25, -0.2) is 4.39 Å². The molecule has 0 saturated heterocycles. The average Bonchev–Trinajstić information content (AvgIpc) is 2.82. The summed E-state index contributed by atoms with van der Waals surface area (Å²) in [6.45, 7) is 4.65. The van der Waals surface area contributed by atoms with Gasteiger partial charge in [-0.05, 0) is 48.1 Å². The van der Waals surface area contributed by atoms with Crippen LogP contribution >= 0.6 is 11.3 Å². The third-order valence-corrected chi connectivity index (χ3v) is 4.27. The predicted molar refractivity (Wildman–Crippen MR) is 81.3 cm³/mol. The van der Waals surface area contributed by atoms with Gasteiger partial charge < -0.3 is 5.11 Å². The standard InChI is InChI=1S/C16H20FNOS/c1-13-6-9-20-16(13)12-18(7-3-8-19)11-14-4-2-5-15(17)10-14/h2,4-6,9-10,19H,3,7-8,11-12H2,1H3. The van der Waals surface area contributed by atoms with E-state index in [0.717, 1.165) is 25.1 Å². The van der Waals surface area contributed by atoms with Gasteiger partial charge in [0.05, 0.1) is 0 Å². The van der Waals surface area contributed by atoms with E-state index >= 15 is 0 Å². The number of halogens is 1. The molecule has 0 bridgehead atoms. The van der Waals surface area contributed by atoms with Gasteiger partial charge in [0, 0.05) is 31.1 Å². The first-order chi connectivity index (χ1) is 9.69. The van der Waals surface area contributed by atoms with Gasteiger partial charge in [-0.1, -0.05) is 12.1 Å². The molecular weight excluding hydrogens is 273 g/mol. The highest BCUT2D eigenvalue weighted by Gasteiger charge is 2.10. The molecule has 1 heterocycles. The van der Waals surface area contributed by atoms with Gasteiger partial charge in [-0.3, -0.25) is 4.90 Å². The molecule has 108 valence electrons. The molecule has 0 aliphatic heterocycles. The topological polar surface area (TPSA) is 23.5 Å². The zero-order valence-corrected chi connectivity index (χ0v) is 12.5. The van der Waals surface area contributed by atoms with Crippen LogP contribution in [0.3, 0.4) is 0 Å². The SMILES string of the molecule is Cc1ccsc1CN(CCCO)Cc1cccc(F)c1. The van der Waals surface area contributed by atoms with Crippen molar-refractivity contribution in [1.82, 2.24) is 4.90 Å². The second kappa shape index (κ2) is 7.53. The fraction of sp³-hybridized carbons (Fsp3) is 0.375. The number of aliphatic hydroxyl groups excluding tert-OH is 1. The Labute approximate surface area is 123 Å². The fourth-order valence-electron chi connectivity index (χ4n) is 2.17. The van der Waals surface area contributed by atoms with Gasteiger partial charge in [0.15, 0.2) is 0 Å². The molecular formula is C16H20FNOS. The van der Waals surface area contributed by atoms with Crippen molar-refractivity contribution in [3.63, 3.8) is 0 Å². The summed E-state index contributed by atoms with van der Waals surface area (Å²) in [4.78, 5) is 3.59. The summed E-state index contributed by atoms with van der Waals surface area (Å²) in [7, 11) is 0. The number of hydrogen-bond acceptors (Lipinski definition) is 3. The van der Waals surface area contributed by atoms with Crippen LogP contribution in [-0.4, -0.2) is 23.2 Å². The van der Waals surface area contributed by atoms with Gasteiger partial charge in [0.25, 0.3) is 0 Å². The molecule has 2 rings (SSSR count). The number of nitrogens with zero attached hydrogens (tertiary/aromatic N) is 1. The summed E-state index contributed by atoms with van der Waals surface area (Å²) in [6, 6.07) is 8.84. The molecule has 1 aromatic carbocycles. The molecule has 20 heavy (non-hydrogen) atoms. The summed E-state index contributed by atoms with van der Waals surface area (Å²) >= 11 is 1.75.